The molecule has 20 aromatic rings. The van der Waals surface area contributed by atoms with Crippen LogP contribution in [0, 0.1) is 13.5 Å². The molecule has 34 nitrogen and oxygen atoms in total. The number of aromatic carboxylic acids is 3. The van der Waals surface area contributed by atoms with Crippen LogP contribution >= 0.6 is 15.9 Å². The van der Waals surface area contributed by atoms with Crippen LogP contribution in [0.1, 0.15) is 82.5 Å². The molecule has 11 N–H and O–H groups in total. The van der Waals surface area contributed by atoms with E-state index in [2.05, 4.69) is 76.1 Å². The Morgan fingerprint density at radius 3 is 1.26 bits per heavy atom. The fourth-order valence-electron chi connectivity index (χ4n) is 14.8. The number of anilines is 4. The van der Waals surface area contributed by atoms with Gasteiger partial charge in [-0.05, 0) is 169 Å². The van der Waals surface area contributed by atoms with Gasteiger partial charge in [0.15, 0.2) is 44.0 Å². The van der Waals surface area contributed by atoms with Crippen molar-refractivity contribution in [1.82, 2.24) is 83.3 Å². The van der Waals surface area contributed by atoms with E-state index < -0.39 is 27.7 Å². The van der Waals surface area contributed by atoms with Crippen LogP contribution in [0.2, 0.25) is 0 Å². The van der Waals surface area contributed by atoms with Gasteiger partial charge in [-0.2, -0.15) is 43.9 Å². The number of nitrogen functional groups attached to an aromatic ring is 4. The highest BCUT2D eigenvalue weighted by atomic mass is 79.9. The zero-order valence-electron chi connectivity index (χ0n) is 72.1. The van der Waals surface area contributed by atoms with Crippen LogP contribution in [-0.2, 0) is 16.3 Å². The zero-order valence-corrected chi connectivity index (χ0v) is 74.5. The smallest absolute Gasteiger partial charge is 0.335 e. The molecule has 13 aromatic heterocycles. The molecule has 0 aliphatic carbocycles. The van der Waals surface area contributed by atoms with E-state index in [4.69, 9.17) is 64.3 Å². The summed E-state index contributed by atoms with van der Waals surface area (Å²) in [7, 11) is -3.25. The summed E-state index contributed by atoms with van der Waals surface area (Å²) in [6.07, 6.45) is 18.7. The molecular weight excluding hydrogens is 1810 g/mol. The second kappa shape index (κ2) is 37.9. The number of carboxylic acids is 3. The molecule has 0 bridgehead atoms. The number of nitrogens with two attached hydrogens (primary N) is 4. The van der Waals surface area contributed by atoms with E-state index in [1.54, 1.807) is 103 Å². The number of aryl methyl sites for hydroxylation is 1. The number of ketones is 2. The van der Waals surface area contributed by atoms with Crippen LogP contribution in [0.15, 0.2) is 302 Å². The van der Waals surface area contributed by atoms with Crippen LogP contribution < -0.4 is 32.4 Å². The first-order valence-corrected chi connectivity index (χ1v) is 43.9. The van der Waals surface area contributed by atoms with E-state index in [0.717, 1.165) is 89.3 Å². The Hall–Kier alpha value is -18.5. The minimum atomic E-state index is -3.25. The minimum absolute atomic E-state index is 0.00110. The van der Waals surface area contributed by atoms with Crippen molar-refractivity contribution in [1.29, 1.82) is 0 Å². The highest BCUT2D eigenvalue weighted by Gasteiger charge is 2.28. The third-order valence-electron chi connectivity index (χ3n) is 21.7. The van der Waals surface area contributed by atoms with Gasteiger partial charge in [0.25, 0.3) is 5.69 Å². The summed E-state index contributed by atoms with van der Waals surface area (Å²) < 4.78 is 41.7. The number of Topliss-reactive ketones (excluding diaryl/α,β-unsaturated/α-hetero) is 2. The van der Waals surface area contributed by atoms with E-state index in [-0.39, 0.29) is 79.2 Å². The molecule has 36 heteroatoms. The van der Waals surface area contributed by atoms with Gasteiger partial charge in [0, 0.05) is 116 Å². The largest absolute Gasteiger partial charge is 0.478 e. The van der Waals surface area contributed by atoms with Crippen molar-refractivity contribution >= 4 is 118 Å². The van der Waals surface area contributed by atoms with Gasteiger partial charge < -0.3 is 47.7 Å². The van der Waals surface area contributed by atoms with Crippen LogP contribution in [0.4, 0.5) is 29.0 Å². The first-order chi connectivity index (χ1) is 65.6. The molecule has 20 rings (SSSR count). The molecule has 0 radical (unpaired) electrons. The first-order valence-electron chi connectivity index (χ1n) is 41.3. The zero-order chi connectivity index (χ0) is 95.3. The Bertz CT molecular complexity index is 8240. The standard InChI is InChI=1S/C26H19N5O4.C25H16N6O2.C25H19N5O4.C24H19BrN6O2S/c1-15(32)22-23(27)31-24(30-25(22)35-19-10-7-17(8-11-19)26(33)34)20(14-29-31)18-9-12-21(28-13-18)16-5-3-2-4-6-16;1-27-22-21(16-7-9-17(10-8-16)25(32)33)30-24-19(14-29-31(24)23(22)26)18-11-12-20(28-13-18)15-5-3-2-4-6-15;1-13-3-8-20-16(9-13)10-17(11-27-20)19-12-28-30-22(26)21(14(2)31)24(29-23(19)30)34-18-6-4-15(5-7-18)25(32)33;1-34(32,33)18-7-4-15(5-8-18)11-21-22(25)23(26)31-24(30-21)19(14-29-31)16-6-9-20(28-13-16)17-3-2-10-27-12-17/h2-14H,27H2,1H3,(H,33,34);2-14H,26H2,(H,32,33);3-12H,26H2,1-2H3,(H,32,33);2-10,12-14H,11,26H2,1H3. The molecule has 0 aliphatic rings. The number of fused-ring (bicyclic) bond motifs is 5. The fraction of sp³-hybridized carbons (Fsp3) is 0.0500. The van der Waals surface area contributed by atoms with Crippen molar-refractivity contribution in [2.75, 3.05) is 29.2 Å². The van der Waals surface area contributed by atoms with Crippen molar-refractivity contribution in [3.63, 3.8) is 0 Å². The van der Waals surface area contributed by atoms with Crippen LogP contribution in [-0.4, -0.2) is 143 Å². The number of hydrogen-bond acceptors (Lipinski definition) is 26. The molecular formula is C100H73BrN22O12S. The lowest BCUT2D eigenvalue weighted by Gasteiger charge is -2.12. The number of aromatic nitrogens is 17. The molecule has 0 unspecified atom stereocenters. The molecule has 0 amide bonds. The molecule has 0 saturated heterocycles. The molecule has 668 valence electrons. The monoisotopic (exact) mass is 1880 g/mol. The van der Waals surface area contributed by atoms with Crippen molar-refractivity contribution < 1.29 is 57.2 Å². The SMILES string of the molecule is CC(=O)c1c(Oc2ccc(C(=O)O)cc2)nc2c(-c3ccc(-c4ccccc4)nc3)cnn2c1N.CC(=O)c1c(Oc2ccc(C(=O)O)cc2)nc2c(-c3cnc4ccc(C)cc4c3)cnn2c1N.CS(=O)(=O)c1ccc(Cc2nc3c(-c4ccc(-c5cccnc5)nc4)cnn3c(N)c2Br)cc1.[C-]#[N+]c1c(-c2ccc(C(=O)O)cc2)nc2c(-c3ccc(-c4ccccc4)nc3)cnn2c1N. The number of rotatable bonds is 20. The van der Waals surface area contributed by atoms with E-state index >= 15 is 0 Å². The Kier molecular flexibility index (Phi) is 24.9. The first kappa shape index (κ1) is 89.5. The lowest BCUT2D eigenvalue weighted by atomic mass is 10.1. The molecule has 13 heterocycles. The number of hydrogen-bond donors (Lipinski definition) is 7. The van der Waals surface area contributed by atoms with Gasteiger partial charge in [0.2, 0.25) is 11.8 Å². The van der Waals surface area contributed by atoms with E-state index in [1.165, 1.54) is 94.3 Å². The Morgan fingerprint density at radius 2 is 0.838 bits per heavy atom. The highest BCUT2D eigenvalue weighted by Crippen LogP contribution is 2.41. The number of benzene rings is 7. The average Bonchev–Trinajstić information content (AvgIpc) is 1.63. The third kappa shape index (κ3) is 18.6. The second-order valence-corrected chi connectivity index (χ2v) is 33.5. The summed E-state index contributed by atoms with van der Waals surface area (Å²) in [6.45, 7) is 12.3. The molecule has 136 heavy (non-hydrogen) atoms. The fourth-order valence-corrected chi connectivity index (χ4v) is 15.8. The van der Waals surface area contributed by atoms with Crippen LogP contribution in [0.25, 0.3) is 128 Å². The quantitative estimate of drug-likeness (QED) is 0.0275. The lowest BCUT2D eigenvalue weighted by Crippen LogP contribution is -2.11. The summed E-state index contributed by atoms with van der Waals surface area (Å²) in [6, 6.07) is 67.6. The van der Waals surface area contributed by atoms with Gasteiger partial charge in [-0.1, -0.05) is 115 Å². The van der Waals surface area contributed by atoms with Gasteiger partial charge in [-0.25, -0.2) is 42.1 Å². The van der Waals surface area contributed by atoms with Gasteiger partial charge in [0.05, 0.1) is 91.4 Å². The lowest BCUT2D eigenvalue weighted by molar-refractivity contribution is 0.0686. The molecule has 0 atom stereocenters. The van der Waals surface area contributed by atoms with Gasteiger partial charge >= 0.3 is 17.9 Å². The Labute approximate surface area is 780 Å². The maximum atomic E-state index is 12.4. The predicted molar refractivity (Wildman–Crippen MR) is 515 cm³/mol. The maximum Gasteiger partial charge on any atom is 0.335 e. The third-order valence-corrected chi connectivity index (χ3v) is 23.7. The van der Waals surface area contributed by atoms with Gasteiger partial charge in [-0.15, -0.1) is 0 Å². The number of carbonyl (C=O) groups is 5. The normalized spacial score (nSPS) is 11.1. The van der Waals surface area contributed by atoms with E-state index in [1.807, 2.05) is 140 Å². The summed E-state index contributed by atoms with van der Waals surface area (Å²) in [5, 5.41) is 45.8. The van der Waals surface area contributed by atoms with Crippen LogP contribution in [0.5, 0.6) is 23.3 Å². The maximum absolute atomic E-state index is 12.4. The summed E-state index contributed by atoms with van der Waals surface area (Å²) in [5.41, 5.74) is 43.8. The summed E-state index contributed by atoms with van der Waals surface area (Å²) >= 11 is 3.54. The van der Waals surface area contributed by atoms with Crippen LogP contribution in [0.3, 0.4) is 0 Å². The highest BCUT2D eigenvalue weighted by molar-refractivity contribution is 9.10. The number of ether oxygens (including phenoxy) is 2. The second-order valence-electron chi connectivity index (χ2n) is 30.7. The number of sulfone groups is 1. The number of pyridine rings is 5. The molecule has 0 saturated carbocycles. The van der Waals surface area contributed by atoms with Crippen molar-refractivity contribution in [3.8, 4) is 113 Å². The average molecular weight is 1890 g/mol. The Balaban J connectivity index is 0.000000126. The summed E-state index contributed by atoms with van der Waals surface area (Å²) in [5.74, 6) is -2.44. The molecule has 0 aliphatic heterocycles. The number of nitrogens with zero attached hydrogens (tertiary/aromatic N) is 18. The number of carbonyl (C=O) groups excluding carboxylic acids is 2. The van der Waals surface area contributed by atoms with Crippen molar-refractivity contribution in [2.24, 2.45) is 0 Å². The predicted octanol–water partition coefficient (Wildman–Crippen LogP) is 18.4. The number of carboxylic acid groups (broad SMARTS) is 3. The van der Waals surface area contributed by atoms with Crippen molar-refractivity contribution in [2.45, 2.75) is 32.1 Å². The van der Waals surface area contributed by atoms with E-state index in [9.17, 15) is 32.4 Å². The number of halogens is 1. The van der Waals surface area contributed by atoms with Gasteiger partial charge in [0.1, 0.15) is 45.9 Å². The molecule has 0 fully saturated rings. The topological polar surface area (TPSA) is 492 Å². The summed E-state index contributed by atoms with van der Waals surface area (Å²) in [4.78, 5) is 103. The molecule has 7 aromatic carbocycles. The van der Waals surface area contributed by atoms with Gasteiger partial charge in [-0.3, -0.25) is 34.5 Å². The Morgan fingerprint density at radius 1 is 0.426 bits per heavy atom. The van der Waals surface area contributed by atoms with Crippen molar-refractivity contribution in [3.05, 3.63) is 353 Å². The minimum Gasteiger partial charge on any atom is -0.478 e. The molecule has 0 spiro atoms. The van der Waals surface area contributed by atoms with E-state index in [0.29, 0.717) is 78.7 Å².